The predicted molar refractivity (Wildman–Crippen MR) is 90.0 cm³/mol. The third kappa shape index (κ3) is 3.04. The van der Waals surface area contributed by atoms with Crippen LogP contribution in [0.25, 0.3) is 21.8 Å². The first-order chi connectivity index (χ1) is 10.7. The van der Waals surface area contributed by atoms with Gasteiger partial charge in [-0.05, 0) is 24.3 Å². The number of rotatable bonds is 1. The highest BCUT2D eigenvalue weighted by Crippen LogP contribution is 2.14. The monoisotopic (exact) mass is 288 g/mol. The molecule has 0 aliphatic heterocycles. The quantitative estimate of drug-likeness (QED) is 0.520. The Morgan fingerprint density at radius 1 is 0.909 bits per heavy atom. The summed E-state index contributed by atoms with van der Waals surface area (Å²) in [6.45, 7) is 1.56. The van der Waals surface area contributed by atoms with E-state index in [1.807, 2.05) is 60.8 Å². The van der Waals surface area contributed by atoms with Gasteiger partial charge in [-0.2, -0.15) is 0 Å². The first kappa shape index (κ1) is 14.0. The second-order valence-electron chi connectivity index (χ2n) is 5.02. The van der Waals surface area contributed by atoms with Gasteiger partial charge in [-0.25, -0.2) is 0 Å². The number of carbonyl (C=O) groups is 1. The Bertz CT molecular complexity index is 826. The van der Waals surface area contributed by atoms with Crippen molar-refractivity contribution in [2.24, 2.45) is 0 Å². The molecule has 2 aromatic carbocycles. The predicted octanol–water partition coefficient (Wildman–Crippen LogP) is 4.61. The lowest BCUT2D eigenvalue weighted by Crippen LogP contribution is -1.89. The molecule has 2 aromatic heterocycles. The lowest BCUT2D eigenvalue weighted by atomic mass is 10.2. The van der Waals surface area contributed by atoms with E-state index in [1.165, 1.54) is 5.39 Å². The number of pyridine rings is 1. The maximum Gasteiger partial charge on any atom is 0.175 e. The number of carbonyl (C=O) groups excluding carboxylic acids is 1. The Kier molecular flexibility index (Phi) is 3.97. The molecule has 1 N–H and O–H groups in total. The van der Waals surface area contributed by atoms with Gasteiger partial charge in [0.15, 0.2) is 5.78 Å². The highest BCUT2D eigenvalue weighted by Gasteiger charge is 2.02. The van der Waals surface area contributed by atoms with Gasteiger partial charge in [-0.15, -0.1) is 0 Å². The molecule has 0 aliphatic rings. The SMILES string of the molecule is CC(=O)c1cc2ccccc2[nH]1.c1ccc2ncccc2c1. The minimum atomic E-state index is 0.0752. The second-order valence-corrected chi connectivity index (χ2v) is 5.02. The van der Waals surface area contributed by atoms with Gasteiger partial charge in [-0.3, -0.25) is 9.78 Å². The fourth-order valence-electron chi connectivity index (χ4n) is 2.28. The van der Waals surface area contributed by atoms with E-state index >= 15 is 0 Å². The number of ketones is 1. The minimum absolute atomic E-state index is 0.0752. The van der Waals surface area contributed by atoms with Crippen LogP contribution in [0.1, 0.15) is 17.4 Å². The van der Waals surface area contributed by atoms with Crippen LogP contribution in [0, 0.1) is 0 Å². The normalized spacial score (nSPS) is 10.2. The Hall–Kier alpha value is -2.94. The number of aromatic amines is 1. The molecule has 108 valence electrons. The molecule has 22 heavy (non-hydrogen) atoms. The van der Waals surface area contributed by atoms with E-state index in [1.54, 1.807) is 6.92 Å². The number of para-hydroxylation sites is 2. The fourth-order valence-corrected chi connectivity index (χ4v) is 2.28. The highest BCUT2D eigenvalue weighted by atomic mass is 16.1. The summed E-state index contributed by atoms with van der Waals surface area (Å²) < 4.78 is 0. The van der Waals surface area contributed by atoms with Crippen LogP contribution < -0.4 is 0 Å². The number of nitrogens with zero attached hydrogens (tertiary/aromatic N) is 1. The molecule has 0 aliphatic carbocycles. The Balaban J connectivity index is 0.000000133. The van der Waals surface area contributed by atoms with Gasteiger partial charge in [0.2, 0.25) is 0 Å². The summed E-state index contributed by atoms with van der Waals surface area (Å²) in [7, 11) is 0. The number of Topliss-reactive ketones (excluding diaryl/α,β-unsaturated/α-hetero) is 1. The van der Waals surface area contributed by atoms with Gasteiger partial charge in [0.1, 0.15) is 0 Å². The number of nitrogens with one attached hydrogen (secondary N) is 1. The number of hydrogen-bond donors (Lipinski definition) is 1. The van der Waals surface area contributed by atoms with Gasteiger partial charge in [0, 0.05) is 29.4 Å². The number of aromatic nitrogens is 2. The van der Waals surface area contributed by atoms with Crippen molar-refractivity contribution in [2.45, 2.75) is 6.92 Å². The van der Waals surface area contributed by atoms with Crippen molar-refractivity contribution in [3.63, 3.8) is 0 Å². The first-order valence-corrected chi connectivity index (χ1v) is 7.12. The number of H-pyrrole nitrogens is 1. The van der Waals surface area contributed by atoms with E-state index in [0.29, 0.717) is 5.69 Å². The third-order valence-electron chi connectivity index (χ3n) is 3.42. The Morgan fingerprint density at radius 2 is 1.59 bits per heavy atom. The largest absolute Gasteiger partial charge is 0.352 e. The van der Waals surface area contributed by atoms with Crippen molar-refractivity contribution in [3.05, 3.63) is 78.6 Å². The average Bonchev–Trinajstić information content (AvgIpc) is 3.00. The van der Waals surface area contributed by atoms with Gasteiger partial charge in [0.25, 0.3) is 0 Å². The standard InChI is InChI=1S/C10H9NO.C9H7N/c1-7(12)10-6-8-4-2-3-5-9(8)11-10;1-2-6-9-8(4-1)5-3-7-10-9/h2-6,11H,1H3;1-7H. The molecule has 0 saturated carbocycles. The molecular weight excluding hydrogens is 272 g/mol. The summed E-state index contributed by atoms with van der Waals surface area (Å²) in [6, 6.07) is 21.8. The summed E-state index contributed by atoms with van der Waals surface area (Å²) in [5.74, 6) is 0.0752. The highest BCUT2D eigenvalue weighted by molar-refractivity contribution is 5.97. The van der Waals surface area contributed by atoms with E-state index in [2.05, 4.69) is 22.1 Å². The molecule has 0 bridgehead atoms. The number of fused-ring (bicyclic) bond motifs is 2. The smallest absolute Gasteiger partial charge is 0.175 e. The average molecular weight is 288 g/mol. The van der Waals surface area contributed by atoms with Crippen LogP contribution in [0.3, 0.4) is 0 Å². The van der Waals surface area contributed by atoms with Crippen molar-refractivity contribution in [3.8, 4) is 0 Å². The van der Waals surface area contributed by atoms with Crippen LogP contribution in [0.4, 0.5) is 0 Å². The van der Waals surface area contributed by atoms with Crippen molar-refractivity contribution >= 4 is 27.6 Å². The van der Waals surface area contributed by atoms with Crippen LogP contribution in [-0.2, 0) is 0 Å². The molecule has 2 heterocycles. The second kappa shape index (κ2) is 6.22. The molecule has 3 nitrogen and oxygen atoms in total. The molecule has 0 fully saturated rings. The van der Waals surface area contributed by atoms with Crippen molar-refractivity contribution in [2.75, 3.05) is 0 Å². The maximum atomic E-state index is 11.0. The Morgan fingerprint density at radius 3 is 2.32 bits per heavy atom. The summed E-state index contributed by atoms with van der Waals surface area (Å²) >= 11 is 0. The molecule has 4 rings (SSSR count). The molecular formula is C19H16N2O. The van der Waals surface area contributed by atoms with E-state index in [-0.39, 0.29) is 5.78 Å². The van der Waals surface area contributed by atoms with E-state index in [9.17, 15) is 4.79 Å². The zero-order valence-corrected chi connectivity index (χ0v) is 12.3. The Labute approximate surface area is 128 Å². The van der Waals surface area contributed by atoms with Crippen LogP contribution >= 0.6 is 0 Å². The van der Waals surface area contributed by atoms with Gasteiger partial charge >= 0.3 is 0 Å². The molecule has 0 radical (unpaired) electrons. The summed E-state index contributed by atoms with van der Waals surface area (Å²) in [6.07, 6.45) is 1.81. The van der Waals surface area contributed by atoms with Crippen LogP contribution in [-0.4, -0.2) is 15.8 Å². The topological polar surface area (TPSA) is 45.8 Å². The molecule has 4 aromatic rings. The summed E-state index contributed by atoms with van der Waals surface area (Å²) in [5.41, 5.74) is 2.75. The first-order valence-electron chi connectivity index (χ1n) is 7.12. The van der Waals surface area contributed by atoms with E-state index in [4.69, 9.17) is 0 Å². The zero-order chi connectivity index (χ0) is 15.4. The fraction of sp³-hybridized carbons (Fsp3) is 0.0526. The van der Waals surface area contributed by atoms with Crippen LogP contribution in [0.5, 0.6) is 0 Å². The van der Waals surface area contributed by atoms with E-state index < -0.39 is 0 Å². The van der Waals surface area contributed by atoms with Gasteiger partial charge in [-0.1, -0.05) is 42.5 Å². The lowest BCUT2D eigenvalue weighted by molar-refractivity contribution is 0.101. The van der Waals surface area contributed by atoms with Crippen LogP contribution in [0.2, 0.25) is 0 Å². The van der Waals surface area contributed by atoms with Gasteiger partial charge < -0.3 is 4.98 Å². The summed E-state index contributed by atoms with van der Waals surface area (Å²) in [5, 5.41) is 2.28. The van der Waals surface area contributed by atoms with Gasteiger partial charge in [0.05, 0.1) is 11.2 Å². The number of hydrogen-bond acceptors (Lipinski definition) is 2. The molecule has 3 heteroatoms. The summed E-state index contributed by atoms with van der Waals surface area (Å²) in [4.78, 5) is 18.2. The lowest BCUT2D eigenvalue weighted by Gasteiger charge is -1.91. The van der Waals surface area contributed by atoms with Crippen LogP contribution in [0.15, 0.2) is 72.9 Å². The molecule has 0 atom stereocenters. The zero-order valence-electron chi connectivity index (χ0n) is 12.3. The van der Waals surface area contributed by atoms with Crippen molar-refractivity contribution < 1.29 is 4.79 Å². The van der Waals surface area contributed by atoms with E-state index in [0.717, 1.165) is 16.4 Å². The van der Waals surface area contributed by atoms with Crippen molar-refractivity contribution in [1.29, 1.82) is 0 Å². The number of benzene rings is 2. The third-order valence-corrected chi connectivity index (χ3v) is 3.42. The minimum Gasteiger partial charge on any atom is -0.352 e. The molecule has 0 spiro atoms. The molecule has 0 saturated heterocycles. The molecule has 0 unspecified atom stereocenters. The maximum absolute atomic E-state index is 11.0. The van der Waals surface area contributed by atoms with Crippen molar-refractivity contribution in [1.82, 2.24) is 9.97 Å². The molecule has 0 amide bonds.